The fourth-order valence-corrected chi connectivity index (χ4v) is 7.30. The average molecular weight is 551 g/mol. The third-order valence-electron chi connectivity index (χ3n) is 9.58. The van der Waals surface area contributed by atoms with Gasteiger partial charge in [-0.25, -0.2) is 13.2 Å². The molecule has 3 aromatic carbocycles. The van der Waals surface area contributed by atoms with Gasteiger partial charge in [-0.3, -0.25) is 4.79 Å². The molecule has 2 fully saturated rings. The average Bonchev–Trinajstić information content (AvgIpc) is 3.36. The molecule has 2 saturated carbocycles. The van der Waals surface area contributed by atoms with Crippen molar-refractivity contribution in [2.75, 3.05) is 7.11 Å². The van der Waals surface area contributed by atoms with Crippen molar-refractivity contribution in [3.05, 3.63) is 82.2 Å². The molecular formula is C33H33F3O4. The van der Waals surface area contributed by atoms with Crippen LogP contribution in [0.5, 0.6) is 11.5 Å². The fourth-order valence-electron chi connectivity index (χ4n) is 7.30. The number of rotatable bonds is 7. The molecule has 1 N–H and O–H groups in total. The standard InChI is InChI=1S/C33H33F3O4/c1-32(2)11-4-5-24(32)22-13-18(6-8-20(22)23-14-19(39-3)7-9-26(23)34)17-40-28-15-27(35)21-10-12-33(29(21)30(28)36)16-25(33)31(37)38/h6-9,13-15,24-25H,4-5,10-12,16-17H2,1-3H3,(H,37,38)/t24-,25-,33+/m0/s1. The van der Waals surface area contributed by atoms with Crippen molar-refractivity contribution in [2.24, 2.45) is 11.3 Å². The molecule has 0 amide bonds. The fraction of sp³-hybridized carbons (Fsp3) is 0.424. The van der Waals surface area contributed by atoms with Crippen molar-refractivity contribution in [2.45, 2.75) is 70.3 Å². The van der Waals surface area contributed by atoms with Crippen LogP contribution in [0.25, 0.3) is 11.1 Å². The zero-order chi connectivity index (χ0) is 28.4. The van der Waals surface area contributed by atoms with E-state index in [1.807, 2.05) is 18.2 Å². The van der Waals surface area contributed by atoms with Gasteiger partial charge in [-0.1, -0.05) is 38.5 Å². The van der Waals surface area contributed by atoms with Gasteiger partial charge in [0.05, 0.1) is 13.0 Å². The quantitative estimate of drug-likeness (QED) is 0.325. The number of carboxylic acids is 1. The predicted octanol–water partition coefficient (Wildman–Crippen LogP) is 7.94. The van der Waals surface area contributed by atoms with E-state index in [-0.39, 0.29) is 40.6 Å². The molecule has 3 aliphatic rings. The van der Waals surface area contributed by atoms with E-state index in [4.69, 9.17) is 9.47 Å². The molecule has 6 rings (SSSR count). The summed E-state index contributed by atoms with van der Waals surface area (Å²) in [6, 6.07) is 11.5. The maximum absolute atomic E-state index is 15.7. The monoisotopic (exact) mass is 550 g/mol. The Morgan fingerprint density at radius 3 is 2.50 bits per heavy atom. The van der Waals surface area contributed by atoms with Crippen LogP contribution in [0.1, 0.15) is 74.1 Å². The summed E-state index contributed by atoms with van der Waals surface area (Å²) in [6.07, 6.45) is 4.16. The van der Waals surface area contributed by atoms with Gasteiger partial charge in [-0.05, 0) is 83.9 Å². The highest BCUT2D eigenvalue weighted by Gasteiger charge is 2.63. The number of hydrogen-bond acceptors (Lipinski definition) is 3. The lowest BCUT2D eigenvalue weighted by molar-refractivity contribution is -0.139. The van der Waals surface area contributed by atoms with E-state index >= 15 is 13.2 Å². The first-order chi connectivity index (χ1) is 19.1. The molecule has 40 heavy (non-hydrogen) atoms. The maximum atomic E-state index is 15.7. The van der Waals surface area contributed by atoms with Crippen LogP contribution < -0.4 is 9.47 Å². The van der Waals surface area contributed by atoms with Gasteiger partial charge in [0.1, 0.15) is 24.0 Å². The van der Waals surface area contributed by atoms with Crippen LogP contribution in [0.3, 0.4) is 0 Å². The van der Waals surface area contributed by atoms with Crippen LogP contribution in [0.4, 0.5) is 13.2 Å². The first-order valence-electron chi connectivity index (χ1n) is 13.9. The van der Waals surface area contributed by atoms with E-state index in [0.717, 1.165) is 42.0 Å². The zero-order valence-electron chi connectivity index (χ0n) is 23.0. The molecule has 210 valence electrons. The van der Waals surface area contributed by atoms with E-state index in [2.05, 4.69) is 13.8 Å². The maximum Gasteiger partial charge on any atom is 0.307 e. The van der Waals surface area contributed by atoms with E-state index in [0.29, 0.717) is 30.6 Å². The van der Waals surface area contributed by atoms with Gasteiger partial charge < -0.3 is 14.6 Å². The van der Waals surface area contributed by atoms with Gasteiger partial charge in [0, 0.05) is 22.6 Å². The summed E-state index contributed by atoms with van der Waals surface area (Å²) in [4.78, 5) is 11.6. The number of halogens is 3. The molecule has 0 aromatic heterocycles. The van der Waals surface area contributed by atoms with E-state index < -0.39 is 28.9 Å². The van der Waals surface area contributed by atoms with E-state index in [9.17, 15) is 9.90 Å². The molecule has 7 heteroatoms. The molecule has 3 atom stereocenters. The summed E-state index contributed by atoms with van der Waals surface area (Å²) >= 11 is 0. The highest BCUT2D eigenvalue weighted by Crippen LogP contribution is 2.63. The molecule has 3 aliphatic carbocycles. The summed E-state index contributed by atoms with van der Waals surface area (Å²) in [6.45, 7) is 4.44. The Balaban J connectivity index is 1.35. The number of benzene rings is 3. The van der Waals surface area contributed by atoms with Gasteiger partial charge in [0.2, 0.25) is 0 Å². The van der Waals surface area contributed by atoms with Crippen molar-refractivity contribution in [1.29, 1.82) is 0 Å². The van der Waals surface area contributed by atoms with E-state index in [1.165, 1.54) is 6.07 Å². The van der Waals surface area contributed by atoms with Crippen molar-refractivity contribution in [1.82, 2.24) is 0 Å². The third kappa shape index (κ3) is 4.25. The predicted molar refractivity (Wildman–Crippen MR) is 145 cm³/mol. The second-order valence-electron chi connectivity index (χ2n) is 12.3. The van der Waals surface area contributed by atoms with Crippen molar-refractivity contribution >= 4 is 5.97 Å². The van der Waals surface area contributed by atoms with Crippen molar-refractivity contribution < 1.29 is 32.5 Å². The van der Waals surface area contributed by atoms with Crippen LogP contribution in [-0.2, 0) is 23.2 Å². The van der Waals surface area contributed by atoms with Crippen LogP contribution in [0, 0.1) is 28.8 Å². The Morgan fingerprint density at radius 2 is 1.82 bits per heavy atom. The third-order valence-corrected chi connectivity index (χ3v) is 9.58. The second kappa shape index (κ2) is 9.57. The van der Waals surface area contributed by atoms with Gasteiger partial charge in [0.15, 0.2) is 11.6 Å². The summed E-state index contributed by atoms with van der Waals surface area (Å²) < 4.78 is 57.0. The largest absolute Gasteiger partial charge is 0.497 e. The topological polar surface area (TPSA) is 55.8 Å². The lowest BCUT2D eigenvalue weighted by Gasteiger charge is -2.30. The van der Waals surface area contributed by atoms with E-state index in [1.54, 1.807) is 19.2 Å². The minimum atomic E-state index is -0.978. The van der Waals surface area contributed by atoms with Crippen LogP contribution in [0.15, 0.2) is 42.5 Å². The van der Waals surface area contributed by atoms with Crippen molar-refractivity contribution in [3.63, 3.8) is 0 Å². The minimum Gasteiger partial charge on any atom is -0.497 e. The van der Waals surface area contributed by atoms with Crippen molar-refractivity contribution in [3.8, 4) is 22.6 Å². The normalized spacial score (nSPS) is 24.2. The SMILES string of the molecule is COc1ccc(F)c(-c2ccc(COc3cc(F)c4c(c3F)[C@]3(CC4)C[C@H]3C(=O)O)cc2[C@@H]2CCCC2(C)C)c1. The van der Waals surface area contributed by atoms with Gasteiger partial charge in [-0.15, -0.1) is 0 Å². The highest BCUT2D eigenvalue weighted by molar-refractivity contribution is 5.78. The Kier molecular flexibility index (Phi) is 6.39. The van der Waals surface area contributed by atoms with Gasteiger partial charge in [-0.2, -0.15) is 0 Å². The molecule has 0 heterocycles. The number of carboxylic acid groups (broad SMARTS) is 1. The van der Waals surface area contributed by atoms with Crippen LogP contribution in [0.2, 0.25) is 0 Å². The molecule has 0 unspecified atom stereocenters. The number of fused-ring (bicyclic) bond motifs is 2. The molecule has 1 spiro atoms. The lowest BCUT2D eigenvalue weighted by Crippen LogP contribution is -2.17. The zero-order valence-corrected chi connectivity index (χ0v) is 23.0. The summed E-state index contributed by atoms with van der Waals surface area (Å²) in [7, 11) is 1.55. The number of aliphatic carboxylic acids is 1. The number of ether oxygens (including phenoxy) is 2. The molecule has 3 aromatic rings. The Hall–Kier alpha value is -3.48. The van der Waals surface area contributed by atoms with Gasteiger partial charge >= 0.3 is 5.97 Å². The molecule has 4 nitrogen and oxygen atoms in total. The van der Waals surface area contributed by atoms with Gasteiger partial charge in [0.25, 0.3) is 0 Å². The molecule has 0 saturated heterocycles. The minimum absolute atomic E-state index is 0.00841. The first kappa shape index (κ1) is 26.7. The second-order valence-corrected chi connectivity index (χ2v) is 12.3. The Morgan fingerprint density at radius 1 is 1.02 bits per heavy atom. The smallest absolute Gasteiger partial charge is 0.307 e. The van der Waals surface area contributed by atoms with Crippen LogP contribution >= 0.6 is 0 Å². The first-order valence-corrected chi connectivity index (χ1v) is 13.9. The molecule has 0 radical (unpaired) electrons. The number of hydrogen-bond donors (Lipinski definition) is 1. The summed E-state index contributed by atoms with van der Waals surface area (Å²) in [5.41, 5.74) is 2.61. The molecule has 0 bridgehead atoms. The summed E-state index contributed by atoms with van der Waals surface area (Å²) in [5.74, 6) is -2.70. The Labute approximate surface area is 232 Å². The lowest BCUT2D eigenvalue weighted by atomic mass is 9.75. The highest BCUT2D eigenvalue weighted by atomic mass is 19.1. The number of methoxy groups -OCH3 is 1. The molecular weight excluding hydrogens is 517 g/mol. The van der Waals surface area contributed by atoms with Crippen LogP contribution in [-0.4, -0.2) is 18.2 Å². The number of carbonyl (C=O) groups is 1. The summed E-state index contributed by atoms with van der Waals surface area (Å²) in [5, 5.41) is 9.51. The molecule has 0 aliphatic heterocycles. The Bertz CT molecular complexity index is 1510.